The number of primary sulfonamides is 1. The van der Waals surface area contributed by atoms with Gasteiger partial charge in [-0.15, -0.1) is 12.3 Å². The van der Waals surface area contributed by atoms with Crippen LogP contribution in [0, 0.1) is 12.3 Å². The molecule has 0 saturated carbocycles. The van der Waals surface area contributed by atoms with E-state index in [9.17, 15) is 18.0 Å². The summed E-state index contributed by atoms with van der Waals surface area (Å²) in [6, 6.07) is -1.90. The third-order valence-electron chi connectivity index (χ3n) is 1.82. The molecule has 0 aromatic carbocycles. The van der Waals surface area contributed by atoms with Crippen LogP contribution in [0.15, 0.2) is 0 Å². The average molecular weight is 277 g/mol. The van der Waals surface area contributed by atoms with Gasteiger partial charge >= 0.3 is 12.0 Å². The molecule has 102 valence electrons. The van der Waals surface area contributed by atoms with Crippen molar-refractivity contribution in [2.24, 2.45) is 5.14 Å². The maximum Gasteiger partial charge on any atom is 0.327 e. The predicted octanol–water partition coefficient (Wildman–Crippen LogP) is -1.56. The monoisotopic (exact) mass is 277 g/mol. The first kappa shape index (κ1) is 16.2. The zero-order valence-corrected chi connectivity index (χ0v) is 10.4. The van der Waals surface area contributed by atoms with Gasteiger partial charge in [-0.1, -0.05) is 0 Å². The van der Waals surface area contributed by atoms with Crippen molar-refractivity contribution in [2.45, 2.75) is 18.9 Å². The summed E-state index contributed by atoms with van der Waals surface area (Å²) in [7, 11) is -3.56. The summed E-state index contributed by atoms with van der Waals surface area (Å²) in [5, 5.41) is 17.9. The minimum Gasteiger partial charge on any atom is -0.480 e. The van der Waals surface area contributed by atoms with E-state index < -0.39 is 28.1 Å². The van der Waals surface area contributed by atoms with Gasteiger partial charge in [-0.3, -0.25) is 0 Å². The van der Waals surface area contributed by atoms with E-state index in [1.54, 1.807) is 0 Å². The van der Waals surface area contributed by atoms with Crippen LogP contribution in [0.1, 0.15) is 12.8 Å². The predicted molar refractivity (Wildman–Crippen MR) is 64.0 cm³/mol. The van der Waals surface area contributed by atoms with Gasteiger partial charge in [0.15, 0.2) is 0 Å². The molecule has 0 aliphatic rings. The zero-order chi connectivity index (χ0) is 14.2. The molecule has 0 saturated heterocycles. The number of carboxylic acids is 1. The van der Waals surface area contributed by atoms with Crippen LogP contribution in [0.5, 0.6) is 0 Å². The number of nitrogens with one attached hydrogen (secondary N) is 2. The third-order valence-corrected chi connectivity index (χ3v) is 2.67. The van der Waals surface area contributed by atoms with Gasteiger partial charge in [0.25, 0.3) is 0 Å². The second kappa shape index (κ2) is 7.52. The summed E-state index contributed by atoms with van der Waals surface area (Å²) in [5.41, 5.74) is 0. The molecule has 8 nitrogen and oxygen atoms in total. The molecule has 0 heterocycles. The molecule has 1 atom stereocenters. The number of carbonyl (C=O) groups excluding carboxylic acids is 1. The minimum absolute atomic E-state index is 0.0602. The van der Waals surface area contributed by atoms with E-state index in [0.717, 1.165) is 0 Å². The molecular formula is C9H15N3O5S. The van der Waals surface area contributed by atoms with Crippen LogP contribution in [-0.4, -0.2) is 43.9 Å². The van der Waals surface area contributed by atoms with Crippen molar-refractivity contribution < 1.29 is 23.1 Å². The van der Waals surface area contributed by atoms with Crippen molar-refractivity contribution in [2.75, 3.05) is 12.3 Å². The van der Waals surface area contributed by atoms with Crippen LogP contribution in [0.4, 0.5) is 4.79 Å². The number of amides is 2. The highest BCUT2D eigenvalue weighted by molar-refractivity contribution is 7.89. The molecule has 2 amide bonds. The third kappa shape index (κ3) is 8.37. The number of hydrogen-bond donors (Lipinski definition) is 4. The Kier molecular flexibility index (Phi) is 6.77. The van der Waals surface area contributed by atoms with Gasteiger partial charge in [0, 0.05) is 13.0 Å². The Morgan fingerprint density at radius 1 is 1.44 bits per heavy atom. The lowest BCUT2D eigenvalue weighted by molar-refractivity contribution is -0.139. The van der Waals surface area contributed by atoms with Crippen molar-refractivity contribution in [1.29, 1.82) is 0 Å². The zero-order valence-electron chi connectivity index (χ0n) is 9.55. The highest BCUT2D eigenvalue weighted by atomic mass is 32.2. The lowest BCUT2D eigenvalue weighted by Crippen LogP contribution is -2.46. The van der Waals surface area contributed by atoms with Crippen LogP contribution >= 0.6 is 0 Å². The second-order valence-corrected chi connectivity index (χ2v) is 5.15. The summed E-state index contributed by atoms with van der Waals surface area (Å²) in [6.45, 7) is 0.0602. The van der Waals surface area contributed by atoms with Gasteiger partial charge in [0.05, 0.1) is 5.75 Å². The normalized spacial score (nSPS) is 12.2. The Hall–Kier alpha value is -1.79. The van der Waals surface area contributed by atoms with Gasteiger partial charge in [0.1, 0.15) is 6.04 Å². The van der Waals surface area contributed by atoms with E-state index in [2.05, 4.69) is 16.6 Å². The topological polar surface area (TPSA) is 139 Å². The number of sulfonamides is 1. The Labute approximate surface area is 105 Å². The highest BCUT2D eigenvalue weighted by Crippen LogP contribution is 1.90. The summed E-state index contributed by atoms with van der Waals surface area (Å²) in [6.07, 6.45) is 4.95. The fourth-order valence-corrected chi connectivity index (χ4v) is 1.55. The number of rotatable bonds is 7. The summed E-state index contributed by atoms with van der Waals surface area (Å²) in [4.78, 5) is 21.9. The number of nitrogens with two attached hydrogens (primary N) is 1. The van der Waals surface area contributed by atoms with Crippen LogP contribution < -0.4 is 15.8 Å². The second-order valence-electron chi connectivity index (χ2n) is 3.42. The molecule has 0 aliphatic heterocycles. The quantitative estimate of drug-likeness (QED) is 0.329. The molecule has 0 aromatic rings. The summed E-state index contributed by atoms with van der Waals surface area (Å²) >= 11 is 0. The van der Waals surface area contributed by atoms with Crippen molar-refractivity contribution >= 4 is 22.0 Å². The first-order valence-electron chi connectivity index (χ1n) is 4.97. The molecule has 0 rings (SSSR count). The lowest BCUT2D eigenvalue weighted by atomic mass is 10.2. The van der Waals surface area contributed by atoms with Crippen LogP contribution in [0.3, 0.4) is 0 Å². The fourth-order valence-electron chi connectivity index (χ4n) is 1.00. The molecule has 0 spiro atoms. The van der Waals surface area contributed by atoms with Crippen LogP contribution in [0.2, 0.25) is 0 Å². The van der Waals surface area contributed by atoms with Crippen molar-refractivity contribution in [3.8, 4) is 12.3 Å². The Bertz CT molecular complexity index is 440. The standard InChI is InChI=1S/C9H15N3O5S/c1-2-4-7(8(13)14)12-9(15)11-5-3-6-18(10,16)17/h1,7H,3-6H2,(H,13,14)(H2,10,16,17)(H2,11,12,15). The van der Waals surface area contributed by atoms with Crippen molar-refractivity contribution in [3.05, 3.63) is 0 Å². The Morgan fingerprint density at radius 3 is 2.50 bits per heavy atom. The van der Waals surface area contributed by atoms with Crippen LogP contribution in [0.25, 0.3) is 0 Å². The smallest absolute Gasteiger partial charge is 0.327 e. The summed E-state index contributed by atoms with van der Waals surface area (Å²) < 4.78 is 21.2. The molecular weight excluding hydrogens is 262 g/mol. The number of carbonyl (C=O) groups is 2. The molecule has 18 heavy (non-hydrogen) atoms. The number of aliphatic carboxylic acids is 1. The first-order valence-corrected chi connectivity index (χ1v) is 6.69. The lowest BCUT2D eigenvalue weighted by Gasteiger charge is -2.12. The number of urea groups is 1. The Balaban J connectivity index is 3.97. The van der Waals surface area contributed by atoms with Gasteiger partial charge in [-0.05, 0) is 6.42 Å². The van der Waals surface area contributed by atoms with E-state index in [-0.39, 0.29) is 25.1 Å². The molecule has 5 N–H and O–H groups in total. The molecule has 0 fully saturated rings. The Morgan fingerprint density at radius 2 is 2.06 bits per heavy atom. The largest absolute Gasteiger partial charge is 0.480 e. The number of terminal acetylenes is 1. The molecule has 9 heteroatoms. The van der Waals surface area contributed by atoms with E-state index >= 15 is 0 Å². The first-order chi connectivity index (χ1) is 8.26. The minimum atomic E-state index is -3.56. The molecule has 0 aliphatic carbocycles. The molecule has 1 unspecified atom stereocenters. The molecule has 0 aromatic heterocycles. The van der Waals surface area contributed by atoms with Gasteiger partial charge in [-0.25, -0.2) is 23.1 Å². The average Bonchev–Trinajstić information content (AvgIpc) is 2.22. The fraction of sp³-hybridized carbons (Fsp3) is 0.556. The highest BCUT2D eigenvalue weighted by Gasteiger charge is 2.18. The molecule has 0 bridgehead atoms. The SMILES string of the molecule is C#CCC(NC(=O)NCCCS(N)(=O)=O)C(=O)O. The number of carboxylic acid groups (broad SMARTS) is 1. The maximum atomic E-state index is 11.2. The van der Waals surface area contributed by atoms with E-state index in [4.69, 9.17) is 16.7 Å². The van der Waals surface area contributed by atoms with E-state index in [1.807, 2.05) is 0 Å². The van der Waals surface area contributed by atoms with Crippen molar-refractivity contribution in [3.63, 3.8) is 0 Å². The van der Waals surface area contributed by atoms with E-state index in [0.29, 0.717) is 0 Å². The van der Waals surface area contributed by atoms with Crippen molar-refractivity contribution in [1.82, 2.24) is 10.6 Å². The number of hydrogen-bond acceptors (Lipinski definition) is 4. The van der Waals surface area contributed by atoms with Gasteiger partial charge < -0.3 is 15.7 Å². The van der Waals surface area contributed by atoms with Crippen LogP contribution in [-0.2, 0) is 14.8 Å². The van der Waals surface area contributed by atoms with E-state index in [1.165, 1.54) is 0 Å². The summed E-state index contributed by atoms with van der Waals surface area (Å²) in [5.74, 6) is 0.616. The van der Waals surface area contributed by atoms with Gasteiger partial charge in [-0.2, -0.15) is 0 Å². The maximum absolute atomic E-state index is 11.2. The van der Waals surface area contributed by atoms with Gasteiger partial charge in [0.2, 0.25) is 10.0 Å². The molecule has 0 radical (unpaired) electrons.